The molecule has 5 nitrogen and oxygen atoms in total. The predicted octanol–water partition coefficient (Wildman–Crippen LogP) is 1.93. The Kier molecular flexibility index (Phi) is 4.19. The van der Waals surface area contributed by atoms with Crippen LogP contribution >= 0.6 is 11.3 Å². The number of urea groups is 1. The molecule has 0 spiro atoms. The quantitative estimate of drug-likeness (QED) is 0.769. The summed E-state index contributed by atoms with van der Waals surface area (Å²) >= 11 is 1.54. The third-order valence-electron chi connectivity index (χ3n) is 2.89. The van der Waals surface area contributed by atoms with Gasteiger partial charge in [0.1, 0.15) is 0 Å². The Morgan fingerprint density at radius 1 is 1.53 bits per heavy atom. The van der Waals surface area contributed by atoms with Crippen molar-refractivity contribution in [1.29, 1.82) is 0 Å². The molecule has 1 saturated carbocycles. The van der Waals surface area contributed by atoms with Crippen LogP contribution in [0.1, 0.15) is 31.4 Å². The average Bonchev–Trinajstić information content (AvgIpc) is 2.96. The van der Waals surface area contributed by atoms with Crippen molar-refractivity contribution in [3.05, 3.63) is 11.1 Å². The molecule has 1 aliphatic rings. The van der Waals surface area contributed by atoms with E-state index in [9.17, 15) is 4.79 Å². The molecule has 6 heteroatoms. The van der Waals surface area contributed by atoms with E-state index in [1.54, 1.807) is 11.3 Å². The normalized spacial score (nSPS) is 15.8. The summed E-state index contributed by atoms with van der Waals surface area (Å²) in [5, 5.41) is 11.6. The maximum Gasteiger partial charge on any atom is 0.315 e. The van der Waals surface area contributed by atoms with E-state index in [-0.39, 0.29) is 6.03 Å². The van der Waals surface area contributed by atoms with Gasteiger partial charge < -0.3 is 16.0 Å². The van der Waals surface area contributed by atoms with Crippen molar-refractivity contribution in [3.8, 4) is 0 Å². The van der Waals surface area contributed by atoms with Crippen molar-refractivity contribution in [3.63, 3.8) is 0 Å². The van der Waals surface area contributed by atoms with Gasteiger partial charge in [-0.3, -0.25) is 0 Å². The van der Waals surface area contributed by atoms with Crippen LogP contribution in [0.5, 0.6) is 0 Å². The highest BCUT2D eigenvalue weighted by Gasteiger charge is 2.16. The van der Waals surface area contributed by atoms with Gasteiger partial charge in [-0.25, -0.2) is 9.78 Å². The molecule has 1 aromatic rings. The number of hydrogen-bond acceptors (Lipinski definition) is 4. The van der Waals surface area contributed by atoms with Crippen LogP contribution in [0.4, 0.5) is 9.93 Å². The van der Waals surface area contributed by atoms with E-state index >= 15 is 0 Å². The molecular formula is C11H18N4OS. The SMILES string of the molecule is CNc1nc(CNC(=O)NC2CCCC2)cs1. The molecule has 0 unspecified atom stereocenters. The second-order valence-electron chi connectivity index (χ2n) is 4.20. The number of amides is 2. The summed E-state index contributed by atoms with van der Waals surface area (Å²) in [7, 11) is 1.84. The summed E-state index contributed by atoms with van der Waals surface area (Å²) in [6.07, 6.45) is 4.66. The lowest BCUT2D eigenvalue weighted by atomic mass is 10.2. The van der Waals surface area contributed by atoms with Gasteiger partial charge in [0.25, 0.3) is 0 Å². The fraction of sp³-hybridized carbons (Fsp3) is 0.636. The van der Waals surface area contributed by atoms with Gasteiger partial charge in [0.15, 0.2) is 5.13 Å². The topological polar surface area (TPSA) is 66.0 Å². The number of aromatic nitrogens is 1. The molecule has 0 radical (unpaired) electrons. The van der Waals surface area contributed by atoms with Crippen molar-refractivity contribution in [1.82, 2.24) is 15.6 Å². The molecule has 1 aliphatic carbocycles. The molecule has 0 saturated heterocycles. The molecule has 94 valence electrons. The minimum absolute atomic E-state index is 0.0871. The standard InChI is InChI=1S/C11H18N4OS/c1-12-11-15-9(7-17-11)6-13-10(16)14-8-4-2-3-5-8/h7-8H,2-6H2,1H3,(H,12,15)(H2,13,14,16). The summed E-state index contributed by atoms with van der Waals surface area (Å²) in [6, 6.07) is 0.272. The average molecular weight is 254 g/mol. The molecule has 17 heavy (non-hydrogen) atoms. The number of rotatable bonds is 4. The number of thiazole rings is 1. The number of anilines is 1. The van der Waals surface area contributed by atoms with Crippen LogP contribution in [0.2, 0.25) is 0 Å². The van der Waals surface area contributed by atoms with Crippen molar-refractivity contribution in [2.75, 3.05) is 12.4 Å². The zero-order chi connectivity index (χ0) is 12.1. The lowest BCUT2D eigenvalue weighted by molar-refractivity contribution is 0.236. The number of nitrogens with one attached hydrogen (secondary N) is 3. The first-order valence-corrected chi connectivity index (χ1v) is 6.82. The summed E-state index contributed by atoms with van der Waals surface area (Å²) < 4.78 is 0. The molecule has 2 rings (SSSR count). The van der Waals surface area contributed by atoms with Gasteiger partial charge in [0.05, 0.1) is 12.2 Å². The fourth-order valence-electron chi connectivity index (χ4n) is 1.98. The second-order valence-corrected chi connectivity index (χ2v) is 5.06. The zero-order valence-corrected chi connectivity index (χ0v) is 10.8. The first kappa shape index (κ1) is 12.2. The highest BCUT2D eigenvalue weighted by atomic mass is 32.1. The smallest absolute Gasteiger partial charge is 0.315 e. The number of hydrogen-bond donors (Lipinski definition) is 3. The Labute approximate surface area is 105 Å². The third-order valence-corrected chi connectivity index (χ3v) is 3.79. The molecule has 0 aliphatic heterocycles. The van der Waals surface area contributed by atoms with E-state index < -0.39 is 0 Å². The lowest BCUT2D eigenvalue weighted by Gasteiger charge is -2.12. The molecular weight excluding hydrogens is 236 g/mol. The minimum Gasteiger partial charge on any atom is -0.365 e. The van der Waals surface area contributed by atoms with Gasteiger partial charge >= 0.3 is 6.03 Å². The Morgan fingerprint density at radius 2 is 2.29 bits per heavy atom. The summed E-state index contributed by atoms with van der Waals surface area (Å²) in [6.45, 7) is 0.483. The van der Waals surface area contributed by atoms with E-state index in [0.717, 1.165) is 23.7 Å². The number of carbonyl (C=O) groups excluding carboxylic acids is 1. The van der Waals surface area contributed by atoms with Gasteiger partial charge in [-0.05, 0) is 12.8 Å². The third kappa shape index (κ3) is 3.59. The van der Waals surface area contributed by atoms with Crippen LogP contribution in [0.15, 0.2) is 5.38 Å². The zero-order valence-electron chi connectivity index (χ0n) is 9.95. The number of nitrogens with zero attached hydrogens (tertiary/aromatic N) is 1. The molecule has 0 atom stereocenters. The van der Waals surface area contributed by atoms with Crippen molar-refractivity contribution in [2.45, 2.75) is 38.3 Å². The summed E-state index contributed by atoms with van der Waals surface area (Å²) in [4.78, 5) is 15.9. The largest absolute Gasteiger partial charge is 0.365 e. The highest BCUT2D eigenvalue weighted by molar-refractivity contribution is 7.13. The molecule has 0 bridgehead atoms. The monoisotopic (exact) mass is 254 g/mol. The highest BCUT2D eigenvalue weighted by Crippen LogP contribution is 2.17. The Hall–Kier alpha value is -1.30. The summed E-state index contributed by atoms with van der Waals surface area (Å²) in [5.74, 6) is 0. The van der Waals surface area contributed by atoms with Crippen LogP contribution in [0, 0.1) is 0 Å². The molecule has 1 aromatic heterocycles. The van der Waals surface area contributed by atoms with Crippen LogP contribution < -0.4 is 16.0 Å². The van der Waals surface area contributed by atoms with Crippen LogP contribution in [-0.4, -0.2) is 24.1 Å². The van der Waals surface area contributed by atoms with Gasteiger partial charge in [-0.15, -0.1) is 11.3 Å². The maximum atomic E-state index is 11.6. The van der Waals surface area contributed by atoms with E-state index in [4.69, 9.17) is 0 Å². The van der Waals surface area contributed by atoms with Crippen LogP contribution in [0.25, 0.3) is 0 Å². The van der Waals surface area contributed by atoms with Gasteiger partial charge in [0, 0.05) is 18.5 Å². The maximum absolute atomic E-state index is 11.6. The van der Waals surface area contributed by atoms with E-state index in [1.165, 1.54) is 12.8 Å². The Morgan fingerprint density at radius 3 is 2.94 bits per heavy atom. The Balaban J connectivity index is 1.71. The van der Waals surface area contributed by atoms with Gasteiger partial charge in [-0.2, -0.15) is 0 Å². The van der Waals surface area contributed by atoms with Gasteiger partial charge in [-0.1, -0.05) is 12.8 Å². The van der Waals surface area contributed by atoms with E-state index in [1.807, 2.05) is 12.4 Å². The van der Waals surface area contributed by atoms with Crippen LogP contribution in [0.3, 0.4) is 0 Å². The molecule has 0 aromatic carbocycles. The van der Waals surface area contributed by atoms with Crippen LogP contribution in [-0.2, 0) is 6.54 Å². The van der Waals surface area contributed by atoms with E-state index in [0.29, 0.717) is 12.6 Å². The van der Waals surface area contributed by atoms with Crippen molar-refractivity contribution >= 4 is 22.5 Å². The molecule has 3 N–H and O–H groups in total. The molecule has 1 heterocycles. The molecule has 2 amide bonds. The van der Waals surface area contributed by atoms with Crippen molar-refractivity contribution < 1.29 is 4.79 Å². The minimum atomic E-state index is -0.0871. The second kappa shape index (κ2) is 5.86. The molecule has 1 fully saturated rings. The predicted molar refractivity (Wildman–Crippen MR) is 69.3 cm³/mol. The van der Waals surface area contributed by atoms with Crippen molar-refractivity contribution in [2.24, 2.45) is 0 Å². The number of carbonyl (C=O) groups is 1. The Bertz CT molecular complexity index is 373. The van der Waals surface area contributed by atoms with Gasteiger partial charge in [0.2, 0.25) is 0 Å². The first-order chi connectivity index (χ1) is 8.28. The summed E-state index contributed by atoms with van der Waals surface area (Å²) in [5.41, 5.74) is 0.890. The first-order valence-electron chi connectivity index (χ1n) is 5.94. The van der Waals surface area contributed by atoms with E-state index in [2.05, 4.69) is 20.9 Å². The lowest BCUT2D eigenvalue weighted by Crippen LogP contribution is -2.40. The fourth-order valence-corrected chi connectivity index (χ4v) is 2.65.